The van der Waals surface area contributed by atoms with Crippen LogP contribution in [0.1, 0.15) is 29.0 Å². The minimum absolute atomic E-state index is 0.102. The molecule has 10 heteroatoms. The lowest BCUT2D eigenvalue weighted by Crippen LogP contribution is -2.31. The number of hydrogen-bond donors (Lipinski definition) is 3. The number of benzene rings is 1. The van der Waals surface area contributed by atoms with E-state index in [1.165, 1.54) is 12.1 Å². The normalized spacial score (nSPS) is 22.9. The highest BCUT2D eigenvalue weighted by atomic mass is 35.5. The summed E-state index contributed by atoms with van der Waals surface area (Å²) in [6.45, 7) is 4.60. The lowest BCUT2D eigenvalue weighted by atomic mass is 10.1. The van der Waals surface area contributed by atoms with Crippen LogP contribution in [0, 0.1) is 19.7 Å². The van der Waals surface area contributed by atoms with E-state index in [2.05, 4.69) is 15.3 Å². The van der Waals surface area contributed by atoms with E-state index in [4.69, 9.17) is 22.1 Å². The predicted molar refractivity (Wildman–Crippen MR) is 113 cm³/mol. The number of rotatable bonds is 5. The minimum Gasteiger partial charge on any atom is -0.485 e. The van der Waals surface area contributed by atoms with Gasteiger partial charge in [-0.05, 0) is 26.0 Å². The van der Waals surface area contributed by atoms with Crippen molar-refractivity contribution in [3.8, 4) is 5.75 Å². The lowest BCUT2D eigenvalue weighted by molar-refractivity contribution is 0.0181. The van der Waals surface area contributed by atoms with E-state index in [1.54, 1.807) is 18.7 Å². The Bertz CT molecular complexity index is 1010. The van der Waals surface area contributed by atoms with E-state index in [0.29, 0.717) is 45.6 Å². The maximum absolute atomic E-state index is 14.0. The first-order valence-electron chi connectivity index (χ1n) is 9.96. The van der Waals surface area contributed by atoms with E-state index in [0.717, 1.165) is 6.07 Å². The highest BCUT2D eigenvalue weighted by molar-refractivity contribution is 6.31. The molecule has 7 nitrogen and oxygen atoms in total. The zero-order chi connectivity index (χ0) is 22.3. The average Bonchev–Trinajstić information content (AvgIpc) is 3.31. The van der Waals surface area contributed by atoms with Crippen LogP contribution in [0.15, 0.2) is 23.9 Å². The van der Waals surface area contributed by atoms with Crippen molar-refractivity contribution in [2.45, 2.75) is 32.4 Å². The van der Waals surface area contributed by atoms with Gasteiger partial charge in [0.05, 0.1) is 16.4 Å². The molecular weight excluding hydrogens is 428 g/mol. The maximum Gasteiger partial charge on any atom is 0.158 e. The molecule has 3 heterocycles. The number of nitrogens with two attached hydrogens (primary N) is 1. The third-order valence-corrected chi connectivity index (χ3v) is 6.09. The van der Waals surface area contributed by atoms with Gasteiger partial charge in [-0.1, -0.05) is 11.6 Å². The maximum atomic E-state index is 14.0. The van der Waals surface area contributed by atoms with Crippen LogP contribution >= 0.6 is 11.6 Å². The van der Waals surface area contributed by atoms with Crippen LogP contribution in [0.4, 0.5) is 8.78 Å². The highest BCUT2D eigenvalue weighted by Gasteiger charge is 2.33. The van der Waals surface area contributed by atoms with Crippen LogP contribution in [0.5, 0.6) is 5.75 Å². The third kappa shape index (κ3) is 4.36. The lowest BCUT2D eigenvalue weighted by Gasteiger charge is -2.26. The summed E-state index contributed by atoms with van der Waals surface area (Å²) in [5, 5.41) is 14.4. The van der Waals surface area contributed by atoms with Crippen molar-refractivity contribution in [1.29, 1.82) is 0 Å². The van der Waals surface area contributed by atoms with Crippen LogP contribution in [0.25, 0.3) is 5.57 Å². The summed E-state index contributed by atoms with van der Waals surface area (Å²) in [5.74, 6) is 0.0253. The second-order valence-corrected chi connectivity index (χ2v) is 8.21. The molecule has 1 aromatic heterocycles. The molecule has 3 atom stereocenters. The summed E-state index contributed by atoms with van der Waals surface area (Å²) in [5.41, 5.74) is 9.06. The number of aryl methyl sites for hydroxylation is 2. The van der Waals surface area contributed by atoms with Crippen LogP contribution in [-0.2, 0) is 0 Å². The molecule has 1 unspecified atom stereocenters. The summed E-state index contributed by atoms with van der Waals surface area (Å²) < 4.78 is 33.6. The molecule has 2 aromatic rings. The number of nitrogens with zero attached hydrogens (tertiary/aromatic N) is 3. The largest absolute Gasteiger partial charge is 0.485 e. The van der Waals surface area contributed by atoms with Gasteiger partial charge in [0.25, 0.3) is 0 Å². The third-order valence-electron chi connectivity index (χ3n) is 5.54. The zero-order valence-electron chi connectivity index (χ0n) is 17.2. The summed E-state index contributed by atoms with van der Waals surface area (Å²) in [7, 11) is 0. The molecule has 166 valence electrons. The van der Waals surface area contributed by atoms with Gasteiger partial charge >= 0.3 is 0 Å². The molecule has 0 radical (unpaired) electrons. The Morgan fingerprint density at radius 1 is 1.26 bits per heavy atom. The number of aliphatic hydroxyl groups is 1. The Morgan fingerprint density at radius 3 is 2.61 bits per heavy atom. The number of aromatic nitrogens is 2. The fourth-order valence-corrected chi connectivity index (χ4v) is 3.91. The highest BCUT2D eigenvalue weighted by Crippen LogP contribution is 2.34. The van der Waals surface area contributed by atoms with Crippen molar-refractivity contribution in [1.82, 2.24) is 20.2 Å². The van der Waals surface area contributed by atoms with Crippen LogP contribution in [0.2, 0.25) is 5.02 Å². The van der Waals surface area contributed by atoms with Crippen molar-refractivity contribution in [3.63, 3.8) is 0 Å². The predicted octanol–water partition coefficient (Wildman–Crippen LogP) is 2.25. The number of alkyl halides is 1. The Labute approximate surface area is 183 Å². The molecule has 0 amide bonds. The van der Waals surface area contributed by atoms with Crippen molar-refractivity contribution in [2.75, 3.05) is 26.2 Å². The number of aliphatic hydroxyl groups excluding tert-OH is 1. The van der Waals surface area contributed by atoms with E-state index < -0.39 is 24.3 Å². The average molecular weight is 452 g/mol. The van der Waals surface area contributed by atoms with Gasteiger partial charge < -0.3 is 20.9 Å². The van der Waals surface area contributed by atoms with E-state index in [9.17, 15) is 13.9 Å². The fourth-order valence-electron chi connectivity index (χ4n) is 3.82. The number of halogens is 3. The van der Waals surface area contributed by atoms with Crippen LogP contribution in [-0.4, -0.2) is 58.4 Å². The molecule has 4 rings (SSSR count). The first-order chi connectivity index (χ1) is 14.7. The minimum atomic E-state index is -1.21. The SMILES string of the molecule is Cc1nc(C2=C(N)CN(C(O)c3ccc(F)cc3O[C@H]3CNC[C@@H]3F)C2)nc(C)c1Cl. The summed E-state index contributed by atoms with van der Waals surface area (Å²) in [4.78, 5) is 10.5. The smallest absolute Gasteiger partial charge is 0.158 e. The first kappa shape index (κ1) is 21.9. The molecule has 0 spiro atoms. The van der Waals surface area contributed by atoms with Gasteiger partial charge in [-0.25, -0.2) is 18.7 Å². The first-order valence-corrected chi connectivity index (χ1v) is 10.3. The number of hydrogen-bond acceptors (Lipinski definition) is 7. The molecule has 0 aliphatic carbocycles. The molecule has 1 saturated heterocycles. The summed E-state index contributed by atoms with van der Waals surface area (Å²) in [6.07, 6.45) is -3.11. The van der Waals surface area contributed by atoms with Crippen molar-refractivity contribution >= 4 is 17.2 Å². The quantitative estimate of drug-likeness (QED) is 0.641. The van der Waals surface area contributed by atoms with Crippen molar-refractivity contribution < 1.29 is 18.6 Å². The number of ether oxygens (including phenoxy) is 1. The molecule has 0 saturated carbocycles. The Kier molecular flexibility index (Phi) is 6.11. The van der Waals surface area contributed by atoms with E-state index >= 15 is 0 Å². The van der Waals surface area contributed by atoms with Gasteiger partial charge in [0, 0.05) is 49.1 Å². The zero-order valence-corrected chi connectivity index (χ0v) is 18.0. The van der Waals surface area contributed by atoms with Gasteiger partial charge in [-0.3, -0.25) is 4.90 Å². The molecular formula is C21H24ClF2N5O2. The van der Waals surface area contributed by atoms with E-state index in [-0.39, 0.29) is 25.4 Å². The van der Waals surface area contributed by atoms with Crippen molar-refractivity contribution in [3.05, 3.63) is 57.5 Å². The summed E-state index contributed by atoms with van der Waals surface area (Å²) >= 11 is 6.16. The molecule has 1 aromatic carbocycles. The molecule has 1 fully saturated rings. The molecule has 0 bridgehead atoms. The van der Waals surface area contributed by atoms with Crippen LogP contribution < -0.4 is 15.8 Å². The topological polar surface area (TPSA) is 96.5 Å². The molecule has 2 aliphatic heterocycles. The monoisotopic (exact) mass is 451 g/mol. The van der Waals surface area contributed by atoms with Gasteiger partial charge in [0.15, 0.2) is 12.0 Å². The molecule has 31 heavy (non-hydrogen) atoms. The standard InChI is InChI=1S/C21H24ClF2N5O2/c1-10-19(22)11(2)28-20(27-10)14-8-29(9-16(14)25)21(30)13-4-3-12(23)5-17(13)31-18-7-26-6-15(18)24/h3-5,15,18,21,26,30H,6-9,25H2,1-2H3/t15-,18-,21?/m0/s1. The summed E-state index contributed by atoms with van der Waals surface area (Å²) in [6, 6.07) is 3.83. The van der Waals surface area contributed by atoms with Crippen LogP contribution in [0.3, 0.4) is 0 Å². The molecule has 4 N–H and O–H groups in total. The van der Waals surface area contributed by atoms with Gasteiger partial charge in [0.1, 0.15) is 23.9 Å². The second kappa shape index (κ2) is 8.66. The second-order valence-electron chi connectivity index (χ2n) is 7.83. The van der Waals surface area contributed by atoms with Crippen molar-refractivity contribution in [2.24, 2.45) is 5.73 Å². The fraction of sp³-hybridized carbons (Fsp3) is 0.429. The van der Waals surface area contributed by atoms with Gasteiger partial charge in [-0.2, -0.15) is 0 Å². The Morgan fingerprint density at radius 2 is 1.97 bits per heavy atom. The van der Waals surface area contributed by atoms with E-state index in [1.807, 2.05) is 0 Å². The van der Waals surface area contributed by atoms with Gasteiger partial charge in [-0.15, -0.1) is 0 Å². The molecule has 2 aliphatic rings. The Hall–Kier alpha value is -2.33. The van der Waals surface area contributed by atoms with Gasteiger partial charge in [0.2, 0.25) is 0 Å². The number of nitrogens with one attached hydrogen (secondary N) is 1. The Balaban J connectivity index is 1.57.